The third-order valence-electron chi connectivity index (χ3n) is 6.40. The molecule has 5 rings (SSSR count). The minimum atomic E-state index is -0.271. The summed E-state index contributed by atoms with van der Waals surface area (Å²) >= 11 is 1.72. The average Bonchev–Trinajstić information content (AvgIpc) is 3.44. The molecule has 0 N–H and O–H groups in total. The molecule has 32 heavy (non-hydrogen) atoms. The van der Waals surface area contributed by atoms with E-state index in [9.17, 15) is 9.18 Å². The van der Waals surface area contributed by atoms with Crippen molar-refractivity contribution in [2.45, 2.75) is 45.6 Å². The topological polar surface area (TPSA) is 54.3 Å². The number of fused-ring (bicyclic) bond motifs is 1. The van der Waals surface area contributed by atoms with Crippen molar-refractivity contribution in [2.75, 3.05) is 26.2 Å². The van der Waals surface area contributed by atoms with E-state index in [0.717, 1.165) is 74.4 Å². The maximum Gasteiger partial charge on any atom is 0.274 e. The molecule has 1 aliphatic carbocycles. The molecule has 1 fully saturated rings. The number of benzene rings is 1. The summed E-state index contributed by atoms with van der Waals surface area (Å²) in [6.45, 7) is 6.04. The number of amides is 1. The third kappa shape index (κ3) is 4.21. The summed E-state index contributed by atoms with van der Waals surface area (Å²) in [7, 11) is 0. The molecule has 2 aliphatic rings. The second kappa shape index (κ2) is 9.11. The van der Waals surface area contributed by atoms with Crippen LogP contribution in [0.2, 0.25) is 0 Å². The second-order valence-electron chi connectivity index (χ2n) is 8.52. The Hall–Kier alpha value is -2.58. The highest BCUT2D eigenvalue weighted by Gasteiger charge is 2.30. The fourth-order valence-electron chi connectivity index (χ4n) is 4.64. The fraction of sp³-hybridized carbons (Fsp3) is 0.458. The quantitative estimate of drug-likeness (QED) is 0.589. The minimum absolute atomic E-state index is 0.0191. The van der Waals surface area contributed by atoms with Crippen molar-refractivity contribution in [3.05, 3.63) is 63.1 Å². The molecule has 3 aromatic rings. The van der Waals surface area contributed by atoms with Gasteiger partial charge in [-0.05, 0) is 56.4 Å². The van der Waals surface area contributed by atoms with Gasteiger partial charge in [0.05, 0.1) is 16.4 Å². The molecular formula is C24H28FN5OS. The van der Waals surface area contributed by atoms with Gasteiger partial charge in [0.15, 0.2) is 5.69 Å². The first kappa shape index (κ1) is 21.3. The molecule has 0 bridgehead atoms. The molecule has 0 atom stereocenters. The first-order valence-corrected chi connectivity index (χ1v) is 12.3. The molecule has 0 spiro atoms. The molecule has 2 aromatic heterocycles. The van der Waals surface area contributed by atoms with E-state index in [-0.39, 0.29) is 11.7 Å². The standard InChI is InChI=1S/C24H28FN5OS/c1-2-22-26-18(16-32-22)15-28-11-13-29(14-12-28)24(31)23-20-5-3-4-6-21(20)30(27-23)19-9-7-17(25)8-10-19/h7-10,16H,2-6,11-15H2,1H3. The van der Waals surface area contributed by atoms with Gasteiger partial charge in [-0.1, -0.05) is 6.92 Å². The molecule has 1 saturated heterocycles. The first-order valence-electron chi connectivity index (χ1n) is 11.4. The third-order valence-corrected chi connectivity index (χ3v) is 7.44. The average molecular weight is 454 g/mol. The van der Waals surface area contributed by atoms with Gasteiger partial charge in [0.25, 0.3) is 5.91 Å². The van der Waals surface area contributed by atoms with Gasteiger partial charge in [-0.3, -0.25) is 9.69 Å². The van der Waals surface area contributed by atoms with E-state index < -0.39 is 0 Å². The number of hydrogen-bond acceptors (Lipinski definition) is 5. The van der Waals surface area contributed by atoms with Crippen molar-refractivity contribution >= 4 is 17.2 Å². The second-order valence-corrected chi connectivity index (χ2v) is 9.47. The zero-order chi connectivity index (χ0) is 22.1. The lowest BCUT2D eigenvalue weighted by molar-refractivity contribution is 0.0620. The van der Waals surface area contributed by atoms with Gasteiger partial charge in [-0.2, -0.15) is 5.10 Å². The molecule has 0 unspecified atom stereocenters. The van der Waals surface area contributed by atoms with E-state index in [1.54, 1.807) is 23.5 Å². The van der Waals surface area contributed by atoms with Crippen LogP contribution in [0.4, 0.5) is 4.39 Å². The number of carbonyl (C=O) groups is 1. The summed E-state index contributed by atoms with van der Waals surface area (Å²) in [5, 5.41) is 8.07. The minimum Gasteiger partial charge on any atom is -0.335 e. The Balaban J connectivity index is 1.31. The molecule has 0 saturated carbocycles. The summed E-state index contributed by atoms with van der Waals surface area (Å²) < 4.78 is 15.3. The van der Waals surface area contributed by atoms with Gasteiger partial charge >= 0.3 is 0 Å². The molecule has 1 amide bonds. The number of thiazole rings is 1. The van der Waals surface area contributed by atoms with Crippen LogP contribution < -0.4 is 0 Å². The largest absolute Gasteiger partial charge is 0.335 e. The lowest BCUT2D eigenvalue weighted by Crippen LogP contribution is -2.48. The van der Waals surface area contributed by atoms with Crippen molar-refractivity contribution in [2.24, 2.45) is 0 Å². The van der Waals surface area contributed by atoms with Gasteiger partial charge in [0.2, 0.25) is 0 Å². The Morgan fingerprint density at radius 1 is 1.09 bits per heavy atom. The number of halogens is 1. The summed E-state index contributed by atoms with van der Waals surface area (Å²) in [5.74, 6) is -0.252. The normalized spacial score (nSPS) is 16.9. The van der Waals surface area contributed by atoms with Crippen LogP contribution in [0.5, 0.6) is 0 Å². The fourth-order valence-corrected chi connectivity index (χ4v) is 5.37. The maximum absolute atomic E-state index is 13.4. The molecule has 1 aliphatic heterocycles. The Labute approximate surface area is 191 Å². The number of nitrogens with zero attached hydrogens (tertiary/aromatic N) is 5. The summed E-state index contributed by atoms with van der Waals surface area (Å²) in [6.07, 6.45) is 4.91. The van der Waals surface area contributed by atoms with Crippen LogP contribution in [0.3, 0.4) is 0 Å². The van der Waals surface area contributed by atoms with E-state index in [2.05, 4.69) is 22.2 Å². The van der Waals surface area contributed by atoms with Crippen LogP contribution in [-0.2, 0) is 25.8 Å². The van der Waals surface area contributed by atoms with Crippen LogP contribution in [0.1, 0.15) is 52.2 Å². The Kier molecular flexibility index (Phi) is 6.06. The number of hydrogen-bond donors (Lipinski definition) is 0. The lowest BCUT2D eigenvalue weighted by atomic mass is 9.95. The Morgan fingerprint density at radius 3 is 2.56 bits per heavy atom. The summed E-state index contributed by atoms with van der Waals surface area (Å²) in [5.41, 5.74) is 4.68. The highest BCUT2D eigenvalue weighted by molar-refractivity contribution is 7.09. The Bertz CT molecular complexity index is 1100. The van der Waals surface area contributed by atoms with Crippen LogP contribution in [0.15, 0.2) is 29.6 Å². The van der Waals surface area contributed by atoms with E-state index in [1.807, 2.05) is 9.58 Å². The first-order chi connectivity index (χ1) is 15.6. The molecule has 3 heterocycles. The molecule has 0 radical (unpaired) electrons. The smallest absolute Gasteiger partial charge is 0.274 e. The van der Waals surface area contributed by atoms with Gasteiger partial charge in [-0.25, -0.2) is 14.1 Å². The van der Waals surface area contributed by atoms with Crippen LogP contribution in [-0.4, -0.2) is 56.7 Å². The van der Waals surface area contributed by atoms with Crippen molar-refractivity contribution in [3.63, 3.8) is 0 Å². The van der Waals surface area contributed by atoms with Crippen LogP contribution in [0.25, 0.3) is 5.69 Å². The highest BCUT2D eigenvalue weighted by atomic mass is 32.1. The molecular weight excluding hydrogens is 425 g/mol. The predicted molar refractivity (Wildman–Crippen MR) is 123 cm³/mol. The molecule has 8 heteroatoms. The van der Waals surface area contributed by atoms with Gasteiger partial charge in [0.1, 0.15) is 5.82 Å². The Morgan fingerprint density at radius 2 is 1.84 bits per heavy atom. The number of carbonyl (C=O) groups excluding carboxylic acids is 1. The van der Waals surface area contributed by atoms with Gasteiger partial charge < -0.3 is 4.90 Å². The van der Waals surface area contributed by atoms with Crippen molar-refractivity contribution in [3.8, 4) is 5.69 Å². The lowest BCUT2D eigenvalue weighted by Gasteiger charge is -2.34. The van der Waals surface area contributed by atoms with E-state index in [0.29, 0.717) is 18.8 Å². The van der Waals surface area contributed by atoms with Gasteiger partial charge in [-0.15, -0.1) is 11.3 Å². The molecule has 6 nitrogen and oxygen atoms in total. The molecule has 1 aromatic carbocycles. The summed E-state index contributed by atoms with van der Waals surface area (Å²) in [6, 6.07) is 6.34. The summed E-state index contributed by atoms with van der Waals surface area (Å²) in [4.78, 5) is 22.4. The predicted octanol–water partition coefficient (Wildman–Crippen LogP) is 3.87. The van der Waals surface area contributed by atoms with Crippen LogP contribution in [0, 0.1) is 5.82 Å². The van der Waals surface area contributed by atoms with Crippen molar-refractivity contribution in [1.82, 2.24) is 24.6 Å². The monoisotopic (exact) mass is 453 g/mol. The number of rotatable bonds is 5. The van der Waals surface area contributed by atoms with E-state index in [1.165, 1.54) is 17.1 Å². The number of aryl methyl sites for hydroxylation is 1. The maximum atomic E-state index is 13.4. The zero-order valence-electron chi connectivity index (χ0n) is 18.4. The highest BCUT2D eigenvalue weighted by Crippen LogP contribution is 2.28. The zero-order valence-corrected chi connectivity index (χ0v) is 19.2. The van der Waals surface area contributed by atoms with E-state index >= 15 is 0 Å². The van der Waals surface area contributed by atoms with Crippen molar-refractivity contribution in [1.29, 1.82) is 0 Å². The van der Waals surface area contributed by atoms with Gasteiger partial charge in [0, 0.05) is 49.4 Å². The van der Waals surface area contributed by atoms with Crippen LogP contribution >= 0.6 is 11.3 Å². The SMILES string of the molecule is CCc1nc(CN2CCN(C(=O)c3nn(-c4ccc(F)cc4)c4c3CCCC4)CC2)cs1. The van der Waals surface area contributed by atoms with Crippen molar-refractivity contribution < 1.29 is 9.18 Å². The molecule has 168 valence electrons. The van der Waals surface area contributed by atoms with E-state index in [4.69, 9.17) is 5.10 Å². The number of aromatic nitrogens is 3. The number of piperazine rings is 1.